The molecule has 0 amide bonds. The molecule has 0 aliphatic rings. The molecule has 1 aromatic rings. The summed E-state index contributed by atoms with van der Waals surface area (Å²) in [6, 6.07) is 10.2. The predicted molar refractivity (Wildman–Crippen MR) is 61.4 cm³/mol. The van der Waals surface area contributed by atoms with E-state index < -0.39 is 0 Å². The molecule has 0 fully saturated rings. The average Bonchev–Trinajstić information content (AvgIpc) is 2.27. The molecule has 2 nitrogen and oxygen atoms in total. The molecule has 0 aliphatic carbocycles. The van der Waals surface area contributed by atoms with Crippen LogP contribution in [0, 0.1) is 5.41 Å². The first-order valence-corrected chi connectivity index (χ1v) is 5.67. The number of rotatable bonds is 5. The zero-order valence-corrected chi connectivity index (χ0v) is 9.26. The van der Waals surface area contributed by atoms with E-state index in [1.54, 1.807) is 11.8 Å². The van der Waals surface area contributed by atoms with Crippen molar-refractivity contribution in [3.8, 4) is 0 Å². The third kappa shape index (κ3) is 3.33. The summed E-state index contributed by atoms with van der Waals surface area (Å²) in [7, 11) is 0. The Bertz CT molecular complexity index is 259. The van der Waals surface area contributed by atoms with Gasteiger partial charge in [0.25, 0.3) is 0 Å². The fourth-order valence-corrected chi connectivity index (χ4v) is 2.02. The highest BCUT2D eigenvalue weighted by Gasteiger charge is 2.21. The quantitative estimate of drug-likeness (QED) is 0.729. The molecule has 0 heterocycles. The van der Waals surface area contributed by atoms with Gasteiger partial charge in [-0.05, 0) is 12.1 Å². The van der Waals surface area contributed by atoms with Crippen LogP contribution >= 0.6 is 11.8 Å². The van der Waals surface area contributed by atoms with Gasteiger partial charge in [-0.3, -0.25) is 0 Å². The number of nitrogens with two attached hydrogens (primary N) is 1. The minimum absolute atomic E-state index is 0.142. The molecule has 0 saturated carbocycles. The molecule has 0 bridgehead atoms. The second kappa shape index (κ2) is 5.39. The van der Waals surface area contributed by atoms with Gasteiger partial charge >= 0.3 is 0 Å². The molecular formula is C11H17NOS. The minimum Gasteiger partial charge on any atom is -0.396 e. The lowest BCUT2D eigenvalue weighted by Crippen LogP contribution is -2.33. The van der Waals surface area contributed by atoms with Gasteiger partial charge in [-0.2, -0.15) is 0 Å². The lowest BCUT2D eigenvalue weighted by molar-refractivity contribution is 0.171. The average molecular weight is 211 g/mol. The molecule has 1 atom stereocenters. The summed E-state index contributed by atoms with van der Waals surface area (Å²) in [6.45, 7) is 2.66. The van der Waals surface area contributed by atoms with Crippen molar-refractivity contribution < 1.29 is 5.11 Å². The summed E-state index contributed by atoms with van der Waals surface area (Å²) in [5.41, 5.74) is 5.44. The monoisotopic (exact) mass is 211 g/mol. The Morgan fingerprint density at radius 2 is 2.00 bits per heavy atom. The number of benzene rings is 1. The lowest BCUT2D eigenvalue weighted by Gasteiger charge is -2.24. The fourth-order valence-electron chi connectivity index (χ4n) is 0.943. The highest BCUT2D eigenvalue weighted by molar-refractivity contribution is 7.99. The standard InChI is InChI=1S/C11H17NOS/c1-11(7-12,8-13)9-14-10-5-3-2-4-6-10/h2-6,13H,7-9,12H2,1H3. The highest BCUT2D eigenvalue weighted by atomic mass is 32.2. The van der Waals surface area contributed by atoms with E-state index in [0.29, 0.717) is 6.54 Å². The Kier molecular flexibility index (Phi) is 4.45. The van der Waals surface area contributed by atoms with Gasteiger partial charge in [0, 0.05) is 22.6 Å². The molecule has 1 rings (SSSR count). The van der Waals surface area contributed by atoms with Crippen LogP contribution in [-0.2, 0) is 0 Å². The molecule has 0 radical (unpaired) electrons. The molecule has 1 aromatic carbocycles. The molecule has 14 heavy (non-hydrogen) atoms. The van der Waals surface area contributed by atoms with Gasteiger partial charge in [0.15, 0.2) is 0 Å². The van der Waals surface area contributed by atoms with Crippen molar-refractivity contribution in [3.63, 3.8) is 0 Å². The van der Waals surface area contributed by atoms with E-state index in [9.17, 15) is 0 Å². The summed E-state index contributed by atoms with van der Waals surface area (Å²) in [6.07, 6.45) is 0. The van der Waals surface area contributed by atoms with Gasteiger partial charge in [-0.1, -0.05) is 25.1 Å². The first kappa shape index (κ1) is 11.6. The van der Waals surface area contributed by atoms with E-state index in [2.05, 4.69) is 12.1 Å². The van der Waals surface area contributed by atoms with Crippen LogP contribution in [0.5, 0.6) is 0 Å². The zero-order valence-electron chi connectivity index (χ0n) is 8.44. The van der Waals surface area contributed by atoms with Crippen LogP contribution in [0.4, 0.5) is 0 Å². The number of hydrogen-bond donors (Lipinski definition) is 2. The van der Waals surface area contributed by atoms with Crippen molar-refractivity contribution >= 4 is 11.8 Å². The van der Waals surface area contributed by atoms with Crippen molar-refractivity contribution in [1.82, 2.24) is 0 Å². The Labute approximate surface area is 89.5 Å². The van der Waals surface area contributed by atoms with E-state index in [0.717, 1.165) is 5.75 Å². The number of aliphatic hydroxyl groups is 1. The van der Waals surface area contributed by atoms with Crippen molar-refractivity contribution in [2.45, 2.75) is 11.8 Å². The van der Waals surface area contributed by atoms with Gasteiger partial charge in [-0.25, -0.2) is 0 Å². The summed E-state index contributed by atoms with van der Waals surface area (Å²) >= 11 is 1.74. The van der Waals surface area contributed by atoms with Crippen LogP contribution in [0.15, 0.2) is 35.2 Å². The summed E-state index contributed by atoms with van der Waals surface area (Å²) in [4.78, 5) is 1.22. The zero-order chi connectivity index (χ0) is 10.4. The SMILES string of the molecule is CC(CN)(CO)CSc1ccccc1. The van der Waals surface area contributed by atoms with Crippen molar-refractivity contribution in [2.75, 3.05) is 18.9 Å². The molecule has 1 unspecified atom stereocenters. The molecule has 0 aliphatic heterocycles. The maximum absolute atomic E-state index is 9.17. The van der Waals surface area contributed by atoms with Crippen LogP contribution in [0.25, 0.3) is 0 Å². The van der Waals surface area contributed by atoms with E-state index in [1.165, 1.54) is 4.90 Å². The minimum atomic E-state index is -0.166. The first-order valence-electron chi connectivity index (χ1n) is 4.69. The molecule has 0 aromatic heterocycles. The van der Waals surface area contributed by atoms with Gasteiger partial charge in [0.05, 0.1) is 6.61 Å². The second-order valence-corrected chi connectivity index (χ2v) is 4.82. The Morgan fingerprint density at radius 3 is 2.50 bits per heavy atom. The first-order chi connectivity index (χ1) is 6.70. The third-order valence-corrected chi connectivity index (χ3v) is 3.65. The predicted octanol–water partition coefficient (Wildman–Crippen LogP) is 1.74. The molecular weight excluding hydrogens is 194 g/mol. The summed E-state index contributed by atoms with van der Waals surface area (Å²) in [5.74, 6) is 0.851. The van der Waals surface area contributed by atoms with Gasteiger partial charge in [0.1, 0.15) is 0 Å². The number of hydrogen-bond acceptors (Lipinski definition) is 3. The Balaban J connectivity index is 2.48. The maximum Gasteiger partial charge on any atom is 0.0504 e. The Morgan fingerprint density at radius 1 is 1.36 bits per heavy atom. The van der Waals surface area contributed by atoms with Crippen LogP contribution in [0.1, 0.15) is 6.92 Å². The van der Waals surface area contributed by atoms with E-state index in [1.807, 2.05) is 25.1 Å². The van der Waals surface area contributed by atoms with E-state index in [-0.39, 0.29) is 12.0 Å². The van der Waals surface area contributed by atoms with E-state index in [4.69, 9.17) is 10.8 Å². The molecule has 3 heteroatoms. The summed E-state index contributed by atoms with van der Waals surface area (Å²) in [5, 5.41) is 9.17. The maximum atomic E-state index is 9.17. The molecule has 78 valence electrons. The largest absolute Gasteiger partial charge is 0.396 e. The highest BCUT2D eigenvalue weighted by Crippen LogP contribution is 2.26. The van der Waals surface area contributed by atoms with Crippen LogP contribution in [0.2, 0.25) is 0 Å². The van der Waals surface area contributed by atoms with Crippen molar-refractivity contribution in [3.05, 3.63) is 30.3 Å². The lowest BCUT2D eigenvalue weighted by atomic mass is 9.95. The topological polar surface area (TPSA) is 46.2 Å². The fraction of sp³-hybridized carbons (Fsp3) is 0.455. The van der Waals surface area contributed by atoms with Gasteiger partial charge in [0.2, 0.25) is 0 Å². The molecule has 0 saturated heterocycles. The third-order valence-electron chi connectivity index (χ3n) is 2.21. The van der Waals surface area contributed by atoms with Crippen molar-refractivity contribution in [2.24, 2.45) is 11.1 Å². The summed E-state index contributed by atoms with van der Waals surface area (Å²) < 4.78 is 0. The van der Waals surface area contributed by atoms with Crippen molar-refractivity contribution in [1.29, 1.82) is 0 Å². The Hall–Kier alpha value is -0.510. The second-order valence-electron chi connectivity index (χ2n) is 3.77. The van der Waals surface area contributed by atoms with Crippen LogP contribution < -0.4 is 5.73 Å². The van der Waals surface area contributed by atoms with Gasteiger partial charge in [-0.15, -0.1) is 11.8 Å². The number of thioether (sulfide) groups is 1. The molecule has 0 spiro atoms. The normalized spacial score (nSPS) is 15.1. The van der Waals surface area contributed by atoms with Crippen LogP contribution in [0.3, 0.4) is 0 Å². The van der Waals surface area contributed by atoms with Crippen LogP contribution in [-0.4, -0.2) is 24.0 Å². The molecule has 3 N–H and O–H groups in total. The van der Waals surface area contributed by atoms with Gasteiger partial charge < -0.3 is 10.8 Å². The van der Waals surface area contributed by atoms with E-state index >= 15 is 0 Å². The number of aliphatic hydroxyl groups excluding tert-OH is 1. The smallest absolute Gasteiger partial charge is 0.0504 e.